The number of carbonyl (C=O) groups excluding carboxylic acids is 1. The Labute approximate surface area is 108 Å². The molecule has 2 N–H and O–H groups in total. The number of carbonyl (C=O) groups is 1. The molecule has 18 heavy (non-hydrogen) atoms. The highest BCUT2D eigenvalue weighted by Gasteiger charge is 2.18. The van der Waals surface area contributed by atoms with Crippen LogP contribution in [0.15, 0.2) is 33.5 Å². The van der Waals surface area contributed by atoms with Gasteiger partial charge in [-0.15, -0.1) is 4.36 Å². The third kappa shape index (κ3) is 4.37. The van der Waals surface area contributed by atoms with Gasteiger partial charge in [0, 0.05) is 16.8 Å². The first-order valence-electron chi connectivity index (χ1n) is 5.41. The van der Waals surface area contributed by atoms with Gasteiger partial charge in [0.25, 0.3) is 0 Å². The minimum absolute atomic E-state index is 0.411. The van der Waals surface area contributed by atoms with Gasteiger partial charge in [0.1, 0.15) is 5.60 Å². The smallest absolute Gasteiger partial charge is 0.442 e. The lowest BCUT2D eigenvalue weighted by atomic mass is 10.2. The molecule has 1 atom stereocenters. The summed E-state index contributed by atoms with van der Waals surface area (Å²) in [5.41, 5.74) is 5.42. The van der Waals surface area contributed by atoms with Crippen molar-refractivity contribution < 1.29 is 13.7 Å². The summed E-state index contributed by atoms with van der Waals surface area (Å²) in [7, 11) is -2.83. The fourth-order valence-electron chi connectivity index (χ4n) is 1.23. The van der Waals surface area contributed by atoms with Crippen LogP contribution in [0.1, 0.15) is 20.8 Å². The number of rotatable bonds is 1. The molecule has 0 heterocycles. The minimum Gasteiger partial charge on any atom is -0.442 e. The molecule has 1 aromatic rings. The zero-order valence-corrected chi connectivity index (χ0v) is 11.8. The number of anilines is 1. The fraction of sp³-hybridized carbons (Fsp3) is 0.417. The second-order valence-corrected chi connectivity index (χ2v) is 7.21. The van der Waals surface area contributed by atoms with Crippen LogP contribution in [0.5, 0.6) is 0 Å². The van der Waals surface area contributed by atoms with Crippen molar-refractivity contribution in [3.8, 4) is 0 Å². The average Bonchev–Trinajstić information content (AvgIpc) is 2.13. The number of nitrogens with zero attached hydrogens (tertiary/aromatic N) is 1. The van der Waals surface area contributed by atoms with Crippen molar-refractivity contribution in [3.63, 3.8) is 0 Å². The summed E-state index contributed by atoms with van der Waals surface area (Å²) < 4.78 is 20.9. The molecule has 0 aliphatic rings. The van der Waals surface area contributed by atoms with E-state index in [1.165, 1.54) is 12.3 Å². The molecule has 1 rings (SSSR count). The Bertz CT molecular complexity index is 567. The minimum atomic E-state index is -2.83. The summed E-state index contributed by atoms with van der Waals surface area (Å²) in [5.74, 6) is 0. The number of ether oxygens (including phenoxy) is 1. The third-order valence-corrected chi connectivity index (χ3v) is 3.56. The van der Waals surface area contributed by atoms with Crippen LogP contribution in [-0.2, 0) is 14.5 Å². The Morgan fingerprint density at radius 2 is 2.00 bits per heavy atom. The molecule has 0 aliphatic heterocycles. The highest BCUT2D eigenvalue weighted by atomic mass is 32.2. The quantitative estimate of drug-likeness (QED) is 0.795. The Morgan fingerprint density at radius 3 is 2.50 bits per heavy atom. The van der Waals surface area contributed by atoms with Crippen LogP contribution in [0.25, 0.3) is 0 Å². The van der Waals surface area contributed by atoms with E-state index in [0.29, 0.717) is 10.6 Å². The van der Waals surface area contributed by atoms with E-state index in [2.05, 4.69) is 4.36 Å². The summed E-state index contributed by atoms with van der Waals surface area (Å²) >= 11 is 0. The Balaban J connectivity index is 3.07. The number of hydrogen-bond acceptors (Lipinski definition) is 4. The lowest BCUT2D eigenvalue weighted by molar-refractivity contribution is 0.0607. The zero-order valence-electron chi connectivity index (χ0n) is 11.0. The number of benzene rings is 1. The van der Waals surface area contributed by atoms with Gasteiger partial charge in [0.15, 0.2) is 0 Å². The predicted molar refractivity (Wildman–Crippen MR) is 71.8 cm³/mol. The van der Waals surface area contributed by atoms with Crippen LogP contribution in [0.2, 0.25) is 0 Å². The maximum atomic E-state index is 12.3. The molecule has 100 valence electrons. The lowest BCUT2D eigenvalue weighted by Crippen LogP contribution is -2.22. The van der Waals surface area contributed by atoms with Crippen molar-refractivity contribution in [2.75, 3.05) is 12.0 Å². The van der Waals surface area contributed by atoms with Crippen LogP contribution in [0, 0.1) is 0 Å². The van der Waals surface area contributed by atoms with E-state index in [1.54, 1.807) is 39.0 Å². The van der Waals surface area contributed by atoms with E-state index in [-0.39, 0.29) is 0 Å². The standard InChI is InChI=1S/C12H18N2O3S/c1-12(2,3)17-11(15)14-18(4,16)10-7-5-6-9(13)8-10/h5-8H,13H2,1-4H3/t18-/m0/s1. The van der Waals surface area contributed by atoms with Gasteiger partial charge in [0.2, 0.25) is 0 Å². The van der Waals surface area contributed by atoms with E-state index < -0.39 is 21.4 Å². The van der Waals surface area contributed by atoms with Gasteiger partial charge < -0.3 is 10.5 Å². The number of hydrogen-bond donors (Lipinski definition) is 1. The largest absolute Gasteiger partial charge is 0.442 e. The summed E-state index contributed by atoms with van der Waals surface area (Å²) in [6.07, 6.45) is 0.545. The molecule has 6 heteroatoms. The van der Waals surface area contributed by atoms with E-state index in [4.69, 9.17) is 10.5 Å². The van der Waals surface area contributed by atoms with E-state index in [1.807, 2.05) is 0 Å². The molecule has 1 amide bonds. The highest BCUT2D eigenvalue weighted by molar-refractivity contribution is 7.93. The van der Waals surface area contributed by atoms with Crippen molar-refractivity contribution in [3.05, 3.63) is 24.3 Å². The number of nitrogens with two attached hydrogens (primary N) is 1. The Morgan fingerprint density at radius 1 is 1.39 bits per heavy atom. The molecule has 0 fully saturated rings. The van der Waals surface area contributed by atoms with Gasteiger partial charge >= 0.3 is 6.09 Å². The second-order valence-electron chi connectivity index (χ2n) is 4.95. The van der Waals surface area contributed by atoms with Gasteiger partial charge in [-0.25, -0.2) is 9.00 Å². The van der Waals surface area contributed by atoms with Crippen molar-refractivity contribution in [1.82, 2.24) is 0 Å². The van der Waals surface area contributed by atoms with Crippen molar-refractivity contribution in [1.29, 1.82) is 0 Å². The summed E-state index contributed by atoms with van der Waals surface area (Å²) in [6.45, 7) is 5.16. The molecule has 5 nitrogen and oxygen atoms in total. The Hall–Kier alpha value is -1.56. The zero-order chi connectivity index (χ0) is 14.0. The molecule has 0 unspecified atom stereocenters. The third-order valence-electron chi connectivity index (χ3n) is 1.94. The molecule has 0 saturated carbocycles. The molecule has 1 aromatic carbocycles. The van der Waals surface area contributed by atoms with E-state index in [0.717, 1.165) is 0 Å². The van der Waals surface area contributed by atoms with Gasteiger partial charge in [-0.1, -0.05) is 6.07 Å². The van der Waals surface area contributed by atoms with Crippen LogP contribution in [0.3, 0.4) is 0 Å². The van der Waals surface area contributed by atoms with Crippen LogP contribution < -0.4 is 5.73 Å². The molecule has 0 aliphatic carbocycles. The van der Waals surface area contributed by atoms with Crippen molar-refractivity contribution in [2.45, 2.75) is 31.3 Å². The molecule has 0 spiro atoms. The first-order valence-corrected chi connectivity index (χ1v) is 7.33. The van der Waals surface area contributed by atoms with Crippen molar-refractivity contribution >= 4 is 21.5 Å². The van der Waals surface area contributed by atoms with Gasteiger partial charge in [-0.3, -0.25) is 0 Å². The molecule has 0 bridgehead atoms. The van der Waals surface area contributed by atoms with Gasteiger partial charge in [-0.2, -0.15) is 0 Å². The van der Waals surface area contributed by atoms with Crippen LogP contribution in [-0.4, -0.2) is 22.2 Å². The van der Waals surface area contributed by atoms with Crippen LogP contribution in [0.4, 0.5) is 10.5 Å². The van der Waals surface area contributed by atoms with Gasteiger partial charge in [0.05, 0.1) is 9.73 Å². The second kappa shape index (κ2) is 4.97. The molecule has 0 aromatic heterocycles. The number of amides is 1. The summed E-state index contributed by atoms with van der Waals surface area (Å²) in [4.78, 5) is 11.9. The maximum absolute atomic E-state index is 12.3. The normalized spacial score (nSPS) is 14.7. The van der Waals surface area contributed by atoms with E-state index in [9.17, 15) is 9.00 Å². The molecular formula is C12H18N2O3S. The first kappa shape index (κ1) is 14.5. The summed E-state index contributed by atoms with van der Waals surface area (Å²) in [6, 6.07) is 6.49. The molecule has 0 saturated heterocycles. The predicted octanol–water partition coefficient (Wildman–Crippen LogP) is 2.66. The molecule has 0 radical (unpaired) electrons. The number of nitrogen functional groups attached to an aromatic ring is 1. The van der Waals surface area contributed by atoms with Gasteiger partial charge in [-0.05, 0) is 39.0 Å². The lowest BCUT2D eigenvalue weighted by Gasteiger charge is -2.17. The van der Waals surface area contributed by atoms with Crippen molar-refractivity contribution in [2.24, 2.45) is 4.36 Å². The highest BCUT2D eigenvalue weighted by Crippen LogP contribution is 2.16. The SMILES string of the molecule is CC(C)(C)OC(=O)N=[S@@](C)(=O)c1cccc(N)c1. The Kier molecular flexibility index (Phi) is 4.01. The molecular weight excluding hydrogens is 252 g/mol. The average molecular weight is 270 g/mol. The monoisotopic (exact) mass is 270 g/mol. The fourth-order valence-corrected chi connectivity index (χ4v) is 2.34. The van der Waals surface area contributed by atoms with Crippen LogP contribution >= 0.6 is 0 Å². The topological polar surface area (TPSA) is 81.8 Å². The maximum Gasteiger partial charge on any atom is 0.442 e. The summed E-state index contributed by atoms with van der Waals surface area (Å²) in [5, 5.41) is 0. The van der Waals surface area contributed by atoms with E-state index >= 15 is 0 Å². The first-order chi connectivity index (χ1) is 8.10.